The molecule has 0 aliphatic carbocycles. The van der Waals surface area contributed by atoms with Crippen LogP contribution in [0.2, 0.25) is 15.1 Å². The lowest BCUT2D eigenvalue weighted by atomic mass is 10.3. The minimum atomic E-state index is 0.423. The minimum absolute atomic E-state index is 0.423. The minimum Gasteiger partial charge on any atom is -0.275 e. The monoisotopic (exact) mass is 262 g/mol. The lowest BCUT2D eigenvalue weighted by Crippen LogP contribution is -1.92. The summed E-state index contributed by atoms with van der Waals surface area (Å²) in [4.78, 5) is 0. The van der Waals surface area contributed by atoms with Gasteiger partial charge >= 0.3 is 0 Å². The van der Waals surface area contributed by atoms with Gasteiger partial charge in [-0.2, -0.15) is 5.10 Å². The lowest BCUT2D eigenvalue weighted by Gasteiger charge is -2.06. The van der Waals surface area contributed by atoms with E-state index in [1.54, 1.807) is 18.3 Å². The van der Waals surface area contributed by atoms with E-state index in [0.717, 1.165) is 5.57 Å². The highest BCUT2D eigenvalue weighted by molar-refractivity contribution is 6.41. The number of rotatable bonds is 3. The summed E-state index contributed by atoms with van der Waals surface area (Å²) in [5.41, 5.74) is 4.08. The van der Waals surface area contributed by atoms with Gasteiger partial charge in [0.25, 0.3) is 0 Å². The summed E-state index contributed by atoms with van der Waals surface area (Å²) >= 11 is 17.6. The Morgan fingerprint density at radius 1 is 1.33 bits per heavy atom. The van der Waals surface area contributed by atoms with Gasteiger partial charge < -0.3 is 0 Å². The average Bonchev–Trinajstić information content (AvgIpc) is 2.08. The van der Waals surface area contributed by atoms with Crippen LogP contribution in [0.15, 0.2) is 29.4 Å². The van der Waals surface area contributed by atoms with E-state index < -0.39 is 0 Å². The van der Waals surface area contributed by atoms with Crippen molar-refractivity contribution in [3.8, 4) is 0 Å². The van der Waals surface area contributed by atoms with Crippen molar-refractivity contribution in [1.29, 1.82) is 0 Å². The Labute approximate surface area is 104 Å². The van der Waals surface area contributed by atoms with Crippen LogP contribution in [-0.4, -0.2) is 6.21 Å². The quantitative estimate of drug-likeness (QED) is 0.624. The smallest absolute Gasteiger partial charge is 0.0935 e. The van der Waals surface area contributed by atoms with Crippen LogP contribution in [0.3, 0.4) is 0 Å². The van der Waals surface area contributed by atoms with Crippen molar-refractivity contribution < 1.29 is 0 Å². The van der Waals surface area contributed by atoms with Crippen LogP contribution < -0.4 is 5.43 Å². The Hall–Kier alpha value is -0.700. The average molecular weight is 264 g/mol. The lowest BCUT2D eigenvalue weighted by molar-refractivity contribution is 1.35. The zero-order valence-electron chi connectivity index (χ0n) is 8.02. The van der Waals surface area contributed by atoms with E-state index in [9.17, 15) is 0 Å². The van der Waals surface area contributed by atoms with Crippen LogP contribution in [0.25, 0.3) is 0 Å². The van der Waals surface area contributed by atoms with E-state index in [2.05, 4.69) is 17.1 Å². The molecule has 0 aliphatic rings. The van der Waals surface area contributed by atoms with Crippen LogP contribution in [-0.2, 0) is 0 Å². The molecule has 0 saturated carbocycles. The predicted octanol–water partition coefficient (Wildman–Crippen LogP) is 4.62. The summed E-state index contributed by atoms with van der Waals surface area (Å²) in [6.07, 6.45) is 1.57. The van der Waals surface area contributed by atoms with Gasteiger partial charge in [0.15, 0.2) is 0 Å². The number of nitrogens with one attached hydrogen (secondary N) is 1. The van der Waals surface area contributed by atoms with E-state index >= 15 is 0 Å². The van der Waals surface area contributed by atoms with Crippen LogP contribution in [0.1, 0.15) is 6.92 Å². The molecule has 1 N–H and O–H groups in total. The molecule has 0 aromatic heterocycles. The fourth-order valence-electron chi connectivity index (χ4n) is 0.856. The maximum absolute atomic E-state index is 5.92. The van der Waals surface area contributed by atoms with Crippen molar-refractivity contribution >= 4 is 46.7 Å². The molecule has 0 heterocycles. The SMILES string of the molecule is C=C(C)/C=N/Nc1c(Cl)cc(Cl)cc1Cl. The third kappa shape index (κ3) is 3.74. The van der Waals surface area contributed by atoms with Crippen LogP contribution in [0.4, 0.5) is 5.69 Å². The first-order valence-electron chi connectivity index (χ1n) is 4.10. The highest BCUT2D eigenvalue weighted by atomic mass is 35.5. The number of anilines is 1. The van der Waals surface area contributed by atoms with Crippen molar-refractivity contribution in [3.05, 3.63) is 39.4 Å². The molecule has 2 nitrogen and oxygen atoms in total. The van der Waals surface area contributed by atoms with Gasteiger partial charge in [-0.25, -0.2) is 0 Å². The van der Waals surface area contributed by atoms with Gasteiger partial charge in [0, 0.05) is 11.2 Å². The van der Waals surface area contributed by atoms with Crippen molar-refractivity contribution in [3.63, 3.8) is 0 Å². The maximum atomic E-state index is 5.92. The van der Waals surface area contributed by atoms with Crippen molar-refractivity contribution in [2.75, 3.05) is 5.43 Å². The molecular weight excluding hydrogens is 254 g/mol. The molecule has 0 spiro atoms. The van der Waals surface area contributed by atoms with Crippen molar-refractivity contribution in [2.45, 2.75) is 6.92 Å². The second-order valence-electron chi connectivity index (χ2n) is 2.96. The van der Waals surface area contributed by atoms with Gasteiger partial charge in [-0.05, 0) is 24.6 Å². The molecule has 1 aromatic rings. The normalized spacial score (nSPS) is 10.7. The Kier molecular flexibility index (Phi) is 4.45. The topological polar surface area (TPSA) is 24.4 Å². The molecule has 1 aromatic carbocycles. The van der Waals surface area contributed by atoms with Crippen molar-refractivity contribution in [2.24, 2.45) is 5.10 Å². The molecule has 0 atom stereocenters. The zero-order chi connectivity index (χ0) is 11.4. The molecule has 1 rings (SSSR count). The van der Waals surface area contributed by atoms with Crippen molar-refractivity contribution in [1.82, 2.24) is 0 Å². The molecular formula is C10H9Cl3N2. The largest absolute Gasteiger partial charge is 0.275 e. The summed E-state index contributed by atoms with van der Waals surface area (Å²) in [7, 11) is 0. The van der Waals surface area contributed by atoms with E-state index in [-0.39, 0.29) is 0 Å². The second kappa shape index (κ2) is 5.40. The summed E-state index contributed by atoms with van der Waals surface area (Å²) < 4.78 is 0. The van der Waals surface area contributed by atoms with Crippen LogP contribution >= 0.6 is 34.8 Å². The molecule has 0 aliphatic heterocycles. The van der Waals surface area contributed by atoms with E-state index in [1.165, 1.54) is 0 Å². The number of hydrazone groups is 1. The number of nitrogens with zero attached hydrogens (tertiary/aromatic N) is 1. The van der Waals surface area contributed by atoms with Gasteiger partial charge in [-0.3, -0.25) is 5.43 Å². The first-order chi connectivity index (χ1) is 7.00. The first-order valence-corrected chi connectivity index (χ1v) is 5.23. The van der Waals surface area contributed by atoms with Crippen LogP contribution in [0.5, 0.6) is 0 Å². The molecule has 80 valence electrons. The molecule has 0 fully saturated rings. The molecule has 0 bridgehead atoms. The number of allylic oxidation sites excluding steroid dienone is 1. The van der Waals surface area contributed by atoms with Gasteiger partial charge in [0.05, 0.1) is 15.7 Å². The molecule has 0 amide bonds. The molecule has 0 unspecified atom stereocenters. The molecule has 15 heavy (non-hydrogen) atoms. The third-order valence-corrected chi connectivity index (χ3v) is 2.28. The summed E-state index contributed by atoms with van der Waals surface area (Å²) in [6.45, 7) is 5.50. The zero-order valence-corrected chi connectivity index (χ0v) is 10.3. The van der Waals surface area contributed by atoms with Gasteiger partial charge in [0.1, 0.15) is 0 Å². The summed E-state index contributed by atoms with van der Waals surface area (Å²) in [6, 6.07) is 3.18. The second-order valence-corrected chi connectivity index (χ2v) is 4.21. The van der Waals surface area contributed by atoms with Crippen LogP contribution in [0, 0.1) is 0 Å². The maximum Gasteiger partial charge on any atom is 0.0935 e. The fourth-order valence-corrected chi connectivity index (χ4v) is 1.76. The molecule has 0 saturated heterocycles. The Bertz CT molecular complexity index is 390. The molecule has 0 radical (unpaired) electrons. The number of hydrogen-bond donors (Lipinski definition) is 1. The summed E-state index contributed by atoms with van der Waals surface area (Å²) in [5, 5.41) is 5.24. The highest BCUT2D eigenvalue weighted by Crippen LogP contribution is 2.33. The highest BCUT2D eigenvalue weighted by Gasteiger charge is 2.06. The van der Waals surface area contributed by atoms with E-state index in [0.29, 0.717) is 20.8 Å². The van der Waals surface area contributed by atoms with Gasteiger partial charge in [0.2, 0.25) is 0 Å². The number of hydrogen-bond acceptors (Lipinski definition) is 2. The summed E-state index contributed by atoms with van der Waals surface area (Å²) in [5.74, 6) is 0. The predicted molar refractivity (Wildman–Crippen MR) is 68.4 cm³/mol. The number of halogens is 3. The first kappa shape index (κ1) is 12.4. The molecule has 5 heteroatoms. The third-order valence-electron chi connectivity index (χ3n) is 1.47. The standard InChI is InChI=1S/C10H9Cl3N2/c1-6(2)5-14-15-10-8(12)3-7(11)4-9(10)13/h3-5,15H,1H2,2H3/b14-5+. The number of benzene rings is 1. The van der Waals surface area contributed by atoms with E-state index in [1.807, 2.05) is 6.92 Å². The van der Waals surface area contributed by atoms with Gasteiger partial charge in [-0.1, -0.05) is 41.4 Å². The van der Waals surface area contributed by atoms with Gasteiger partial charge in [-0.15, -0.1) is 0 Å². The van der Waals surface area contributed by atoms with E-state index in [4.69, 9.17) is 34.8 Å². The fraction of sp³-hybridized carbons (Fsp3) is 0.100. The Balaban J connectivity index is 2.90. The Morgan fingerprint density at radius 2 is 1.87 bits per heavy atom. The Morgan fingerprint density at radius 3 is 2.33 bits per heavy atom.